The van der Waals surface area contributed by atoms with Crippen molar-refractivity contribution >= 4 is 40.0 Å². The highest BCUT2D eigenvalue weighted by atomic mass is 127. The van der Waals surface area contributed by atoms with Gasteiger partial charge in [-0.1, -0.05) is 0 Å². The molecule has 0 heterocycles. The predicted octanol–water partition coefficient (Wildman–Crippen LogP) is 3.60. The number of rotatable bonds is 2. The summed E-state index contributed by atoms with van der Waals surface area (Å²) in [5, 5.41) is 8.75. The summed E-state index contributed by atoms with van der Waals surface area (Å²) in [5.41, 5.74) is -1.31. The van der Waals surface area contributed by atoms with Crippen molar-refractivity contribution in [2.75, 3.05) is 5.88 Å². The van der Waals surface area contributed by atoms with E-state index in [1.807, 2.05) is 0 Å². The van der Waals surface area contributed by atoms with Crippen LogP contribution < -0.4 is 0 Å². The van der Waals surface area contributed by atoms with E-state index in [0.717, 1.165) is 12.1 Å². The van der Waals surface area contributed by atoms with Gasteiger partial charge in [0.15, 0.2) is 5.78 Å². The van der Waals surface area contributed by atoms with E-state index in [4.69, 9.17) is 16.9 Å². The van der Waals surface area contributed by atoms with Gasteiger partial charge < -0.3 is 0 Å². The molecule has 2 nitrogen and oxygen atoms in total. The predicted molar refractivity (Wildman–Crippen MR) is 63.9 cm³/mol. The largest absolute Gasteiger partial charge is 0.417 e. The fourth-order valence-electron chi connectivity index (χ4n) is 1.23. The van der Waals surface area contributed by atoms with Crippen LogP contribution in [0.2, 0.25) is 0 Å². The lowest BCUT2D eigenvalue weighted by molar-refractivity contribution is -0.138. The fraction of sp³-hybridized carbons (Fsp3) is 0.200. The molecule has 0 saturated heterocycles. The van der Waals surface area contributed by atoms with E-state index >= 15 is 0 Å². The third kappa shape index (κ3) is 2.90. The van der Waals surface area contributed by atoms with E-state index in [1.54, 1.807) is 6.07 Å². The molecule has 0 radical (unpaired) electrons. The number of Topliss-reactive ketones (excluding diaryl/α,β-unsaturated/α-hetero) is 1. The summed E-state index contributed by atoms with van der Waals surface area (Å²) in [6.07, 6.45) is -4.56. The van der Waals surface area contributed by atoms with Gasteiger partial charge >= 0.3 is 6.18 Å². The first-order valence-corrected chi connectivity index (χ1v) is 5.83. The van der Waals surface area contributed by atoms with Gasteiger partial charge in [0.2, 0.25) is 0 Å². The molecule has 1 rings (SSSR count). The van der Waals surface area contributed by atoms with Gasteiger partial charge in [-0.05, 0) is 34.7 Å². The van der Waals surface area contributed by atoms with Crippen LogP contribution in [0.5, 0.6) is 0 Å². The topological polar surface area (TPSA) is 40.9 Å². The number of alkyl halides is 4. The van der Waals surface area contributed by atoms with Crippen molar-refractivity contribution in [1.29, 1.82) is 5.26 Å². The van der Waals surface area contributed by atoms with Crippen molar-refractivity contribution in [2.24, 2.45) is 0 Å². The van der Waals surface area contributed by atoms with Crippen molar-refractivity contribution in [3.63, 3.8) is 0 Å². The molecule has 0 amide bonds. The van der Waals surface area contributed by atoms with Crippen LogP contribution in [0, 0.1) is 14.9 Å². The monoisotopic (exact) mass is 373 g/mol. The highest BCUT2D eigenvalue weighted by Crippen LogP contribution is 2.35. The minimum absolute atomic E-state index is 0.104. The molecule has 0 atom stereocenters. The number of ketones is 1. The number of hydrogen-bond acceptors (Lipinski definition) is 2. The summed E-state index contributed by atoms with van der Waals surface area (Å²) in [7, 11) is 0. The van der Waals surface area contributed by atoms with Crippen LogP contribution in [0.3, 0.4) is 0 Å². The standard InChI is InChI=1S/C10H4ClF3INO/c11-3-7(17)8-5(4-16)1-2-6(9(8)15)10(12,13)14/h1-2H,3H2. The molecule has 7 heteroatoms. The molecule has 0 N–H and O–H groups in total. The second kappa shape index (κ2) is 5.23. The number of nitriles is 1. The van der Waals surface area contributed by atoms with Crippen LogP contribution in [0.1, 0.15) is 21.5 Å². The molecule has 0 bridgehead atoms. The maximum absolute atomic E-state index is 12.6. The highest BCUT2D eigenvalue weighted by molar-refractivity contribution is 14.1. The molecule has 1 aromatic rings. The second-order valence-electron chi connectivity index (χ2n) is 3.02. The smallest absolute Gasteiger partial charge is 0.293 e. The molecule has 0 saturated carbocycles. The minimum atomic E-state index is -4.56. The van der Waals surface area contributed by atoms with Crippen molar-refractivity contribution < 1.29 is 18.0 Å². The van der Waals surface area contributed by atoms with Crippen LogP contribution in [0.4, 0.5) is 13.2 Å². The van der Waals surface area contributed by atoms with Gasteiger partial charge in [-0.2, -0.15) is 18.4 Å². The number of hydrogen-bond donors (Lipinski definition) is 0. The molecule has 0 aromatic heterocycles. The van der Waals surface area contributed by atoms with E-state index < -0.39 is 23.4 Å². The van der Waals surface area contributed by atoms with Gasteiger partial charge in [-0.15, -0.1) is 11.6 Å². The molecular weight excluding hydrogens is 369 g/mol. The Kier molecular flexibility index (Phi) is 4.38. The van der Waals surface area contributed by atoms with E-state index in [9.17, 15) is 18.0 Å². The highest BCUT2D eigenvalue weighted by Gasteiger charge is 2.35. The third-order valence-electron chi connectivity index (χ3n) is 1.97. The number of halogens is 5. The molecule has 0 unspecified atom stereocenters. The molecular formula is C10H4ClF3INO. The van der Waals surface area contributed by atoms with Gasteiger partial charge in [0.05, 0.1) is 28.6 Å². The van der Waals surface area contributed by atoms with Crippen molar-refractivity contribution in [2.45, 2.75) is 6.18 Å². The lowest BCUT2D eigenvalue weighted by atomic mass is 10.0. The first-order chi connectivity index (χ1) is 7.82. The molecule has 90 valence electrons. The summed E-state index contributed by atoms with van der Waals surface area (Å²) in [4.78, 5) is 11.4. The number of carbonyl (C=O) groups is 1. The van der Waals surface area contributed by atoms with Gasteiger partial charge in [0.25, 0.3) is 0 Å². The molecule has 0 aliphatic rings. The zero-order valence-corrected chi connectivity index (χ0v) is 11.0. The maximum atomic E-state index is 12.6. The Morgan fingerprint density at radius 2 is 2.06 bits per heavy atom. The second-order valence-corrected chi connectivity index (χ2v) is 4.36. The van der Waals surface area contributed by atoms with Crippen molar-refractivity contribution in [3.8, 4) is 6.07 Å². The van der Waals surface area contributed by atoms with Gasteiger partial charge in [-0.3, -0.25) is 4.79 Å². The van der Waals surface area contributed by atoms with Crippen LogP contribution in [-0.2, 0) is 6.18 Å². The Balaban J connectivity index is 3.56. The Labute approximate surface area is 114 Å². The molecule has 1 aromatic carbocycles. The van der Waals surface area contributed by atoms with Crippen molar-refractivity contribution in [3.05, 3.63) is 32.4 Å². The van der Waals surface area contributed by atoms with Gasteiger partial charge in [0, 0.05) is 3.57 Å². The Morgan fingerprint density at radius 1 is 1.47 bits per heavy atom. The number of nitrogens with zero attached hydrogens (tertiary/aromatic N) is 1. The van der Waals surface area contributed by atoms with Crippen molar-refractivity contribution in [1.82, 2.24) is 0 Å². The van der Waals surface area contributed by atoms with Gasteiger partial charge in [-0.25, -0.2) is 0 Å². The Morgan fingerprint density at radius 3 is 2.47 bits per heavy atom. The van der Waals surface area contributed by atoms with Crippen LogP contribution in [-0.4, -0.2) is 11.7 Å². The molecule has 17 heavy (non-hydrogen) atoms. The average molecular weight is 373 g/mol. The lowest BCUT2D eigenvalue weighted by Crippen LogP contribution is -2.14. The molecule has 0 spiro atoms. The summed E-state index contributed by atoms with van der Waals surface area (Å²) in [5.74, 6) is -1.16. The van der Waals surface area contributed by atoms with Crippen LogP contribution in [0.15, 0.2) is 12.1 Å². The summed E-state index contributed by atoms with van der Waals surface area (Å²) >= 11 is 6.71. The third-order valence-corrected chi connectivity index (χ3v) is 3.33. The SMILES string of the molecule is N#Cc1ccc(C(F)(F)F)c(I)c1C(=O)CCl. The van der Waals surface area contributed by atoms with E-state index in [0.29, 0.717) is 0 Å². The van der Waals surface area contributed by atoms with Crippen LogP contribution >= 0.6 is 34.2 Å². The zero-order valence-electron chi connectivity index (χ0n) is 8.11. The summed E-state index contributed by atoms with van der Waals surface area (Å²) in [6, 6.07) is 3.44. The number of benzene rings is 1. The Hall–Kier alpha value is -0.810. The minimum Gasteiger partial charge on any atom is -0.293 e. The van der Waals surface area contributed by atoms with Gasteiger partial charge in [0.1, 0.15) is 0 Å². The average Bonchev–Trinajstić information content (AvgIpc) is 2.25. The first-order valence-electron chi connectivity index (χ1n) is 4.22. The number of carbonyl (C=O) groups excluding carboxylic acids is 1. The molecule has 0 fully saturated rings. The fourth-order valence-corrected chi connectivity index (χ4v) is 2.44. The van der Waals surface area contributed by atoms with E-state index in [2.05, 4.69) is 0 Å². The van der Waals surface area contributed by atoms with E-state index in [-0.39, 0.29) is 14.7 Å². The van der Waals surface area contributed by atoms with Crippen LogP contribution in [0.25, 0.3) is 0 Å². The quantitative estimate of drug-likeness (QED) is 0.451. The summed E-state index contributed by atoms with van der Waals surface area (Å²) in [6.45, 7) is 0. The zero-order chi connectivity index (χ0) is 13.2. The maximum Gasteiger partial charge on any atom is 0.417 e. The lowest BCUT2D eigenvalue weighted by Gasteiger charge is -2.12. The van der Waals surface area contributed by atoms with E-state index in [1.165, 1.54) is 22.6 Å². The summed E-state index contributed by atoms with van der Waals surface area (Å²) < 4.78 is 37.5. The Bertz CT molecular complexity index is 507. The molecule has 0 aliphatic heterocycles. The first kappa shape index (κ1) is 14.3. The normalized spacial score (nSPS) is 11.1. The molecule has 0 aliphatic carbocycles.